The molecule has 3 rings (SSSR count). The topological polar surface area (TPSA) is 0 Å². The van der Waals surface area contributed by atoms with E-state index in [2.05, 4.69) is 39.8 Å². The van der Waals surface area contributed by atoms with Crippen molar-refractivity contribution in [3.05, 3.63) is 29.2 Å². The van der Waals surface area contributed by atoms with Gasteiger partial charge in [-0.2, -0.15) is 0 Å². The summed E-state index contributed by atoms with van der Waals surface area (Å²) < 4.78 is 0. The van der Waals surface area contributed by atoms with Crippen LogP contribution in [-0.2, 0) is 0 Å². The van der Waals surface area contributed by atoms with Crippen LogP contribution in [-0.4, -0.2) is 0 Å². The molecule has 1 saturated carbocycles. The molecule has 0 aromatic heterocycles. The van der Waals surface area contributed by atoms with Crippen molar-refractivity contribution in [1.29, 1.82) is 0 Å². The molecule has 3 aliphatic rings. The van der Waals surface area contributed by atoms with E-state index in [9.17, 15) is 0 Å². The third kappa shape index (κ3) is 3.74. The monoisotopic (exact) mass is 259 g/mol. The van der Waals surface area contributed by atoms with Crippen molar-refractivity contribution in [2.45, 2.75) is 79.1 Å². The molecule has 3 aliphatic carbocycles. The summed E-state index contributed by atoms with van der Waals surface area (Å²) in [5, 5.41) is 0. The fourth-order valence-corrected chi connectivity index (χ4v) is 3.96. The first-order valence-electron chi connectivity index (χ1n) is 8.16. The van der Waals surface area contributed by atoms with E-state index in [1.165, 1.54) is 56.9 Å². The van der Waals surface area contributed by atoms with Gasteiger partial charge in [0.2, 0.25) is 0 Å². The first-order valence-corrected chi connectivity index (χ1v) is 8.16. The summed E-state index contributed by atoms with van der Waals surface area (Å²) in [5.41, 5.74) is 3.64. The van der Waals surface area contributed by atoms with E-state index < -0.39 is 0 Å². The maximum Gasteiger partial charge on any atom is 0.000279 e. The van der Waals surface area contributed by atoms with Gasteiger partial charge in [0, 0.05) is 5.92 Å². The minimum atomic E-state index is 0.564. The molecule has 1 fully saturated rings. The smallest absolute Gasteiger partial charge is 0.000279 e. The van der Waals surface area contributed by atoms with Crippen LogP contribution in [0.15, 0.2) is 23.3 Å². The lowest BCUT2D eigenvalue weighted by Gasteiger charge is -2.43. The van der Waals surface area contributed by atoms with Gasteiger partial charge >= 0.3 is 0 Å². The normalized spacial score (nSPS) is 32.2. The molecule has 2 bridgehead atoms. The van der Waals surface area contributed by atoms with Gasteiger partial charge in [0.25, 0.3) is 0 Å². The summed E-state index contributed by atoms with van der Waals surface area (Å²) in [5.74, 6) is 2.67. The molecule has 0 spiro atoms. The van der Waals surface area contributed by atoms with Gasteiger partial charge in [0.05, 0.1) is 0 Å². The summed E-state index contributed by atoms with van der Waals surface area (Å²) in [6.45, 7) is 9.34. The molecule has 0 heterocycles. The van der Waals surface area contributed by atoms with Gasteiger partial charge < -0.3 is 0 Å². The Hall–Kier alpha value is -0.520. The summed E-state index contributed by atoms with van der Waals surface area (Å²) >= 11 is 0. The summed E-state index contributed by atoms with van der Waals surface area (Å²) in [7, 11) is 0. The Morgan fingerprint density at radius 2 is 2.16 bits per heavy atom. The lowest BCUT2D eigenvalue weighted by atomic mass is 9.62. The molecular formula is C19H31. The van der Waals surface area contributed by atoms with E-state index in [0.29, 0.717) is 5.41 Å². The van der Waals surface area contributed by atoms with Crippen molar-refractivity contribution < 1.29 is 0 Å². The SMILES string of the molecule is CC(C)=CCCC1(C)CC[C]2CCCC1CC=C2C. The molecule has 0 nitrogen and oxygen atoms in total. The number of rotatable bonds is 3. The van der Waals surface area contributed by atoms with Crippen molar-refractivity contribution in [2.75, 3.05) is 0 Å². The Kier molecular flexibility index (Phi) is 4.92. The zero-order valence-electron chi connectivity index (χ0n) is 13.4. The van der Waals surface area contributed by atoms with Crippen molar-refractivity contribution in [3.8, 4) is 0 Å². The van der Waals surface area contributed by atoms with Gasteiger partial charge in [-0.25, -0.2) is 0 Å². The van der Waals surface area contributed by atoms with Crippen LogP contribution in [0.1, 0.15) is 79.1 Å². The highest BCUT2D eigenvalue weighted by atomic mass is 14.4. The zero-order valence-corrected chi connectivity index (χ0v) is 13.4. The molecule has 0 saturated heterocycles. The van der Waals surface area contributed by atoms with E-state index in [-0.39, 0.29) is 0 Å². The van der Waals surface area contributed by atoms with Crippen LogP contribution in [0.5, 0.6) is 0 Å². The minimum absolute atomic E-state index is 0.564. The fourth-order valence-electron chi connectivity index (χ4n) is 3.96. The summed E-state index contributed by atoms with van der Waals surface area (Å²) in [6.07, 6.45) is 15.9. The quantitative estimate of drug-likeness (QED) is 0.526. The third-order valence-corrected chi connectivity index (χ3v) is 5.55. The Bertz CT molecular complexity index is 356. The average Bonchev–Trinajstić information content (AvgIpc) is 2.30. The van der Waals surface area contributed by atoms with Gasteiger partial charge in [-0.1, -0.05) is 36.6 Å². The van der Waals surface area contributed by atoms with E-state index in [1.54, 1.807) is 11.5 Å². The minimum Gasteiger partial charge on any atom is -0.0859 e. The van der Waals surface area contributed by atoms with Crippen molar-refractivity contribution in [2.24, 2.45) is 11.3 Å². The summed E-state index contributed by atoms with van der Waals surface area (Å²) in [6, 6.07) is 0. The highest BCUT2D eigenvalue weighted by Gasteiger charge is 2.36. The van der Waals surface area contributed by atoms with Crippen LogP contribution in [0.3, 0.4) is 0 Å². The molecule has 0 heteroatoms. The third-order valence-electron chi connectivity index (χ3n) is 5.55. The highest BCUT2D eigenvalue weighted by Crippen LogP contribution is 2.48. The Labute approximate surface area is 120 Å². The van der Waals surface area contributed by atoms with Crippen LogP contribution in [0.2, 0.25) is 0 Å². The second-order valence-electron chi connectivity index (χ2n) is 7.29. The second kappa shape index (κ2) is 6.29. The van der Waals surface area contributed by atoms with Crippen LogP contribution < -0.4 is 0 Å². The molecule has 19 heavy (non-hydrogen) atoms. The fraction of sp³-hybridized carbons (Fsp3) is 0.737. The van der Waals surface area contributed by atoms with E-state index in [0.717, 1.165) is 5.92 Å². The predicted molar refractivity (Wildman–Crippen MR) is 85.0 cm³/mol. The Balaban J connectivity index is 2.10. The van der Waals surface area contributed by atoms with Crippen LogP contribution in [0.4, 0.5) is 0 Å². The molecule has 107 valence electrons. The lowest BCUT2D eigenvalue weighted by Crippen LogP contribution is -2.31. The number of hydrogen-bond acceptors (Lipinski definition) is 0. The van der Waals surface area contributed by atoms with Crippen LogP contribution in [0, 0.1) is 17.3 Å². The molecule has 0 aromatic carbocycles. The highest BCUT2D eigenvalue weighted by molar-refractivity contribution is 5.24. The molecule has 0 N–H and O–H groups in total. The maximum absolute atomic E-state index is 2.56. The molecule has 0 aromatic rings. The molecular weight excluding hydrogens is 228 g/mol. The standard InChI is InChI=1S/C19H31/c1-15(2)7-6-13-19(4)14-12-17-8-5-9-18(19)11-10-16(17)3/h7,10,18H,5-6,8-9,11-14H2,1-4H3. The number of allylic oxidation sites excluding steroid dienone is 4. The van der Waals surface area contributed by atoms with Crippen molar-refractivity contribution in [3.63, 3.8) is 0 Å². The number of hydrogen-bond donors (Lipinski definition) is 0. The molecule has 0 aliphatic heterocycles. The van der Waals surface area contributed by atoms with E-state index in [4.69, 9.17) is 0 Å². The zero-order chi connectivity index (χ0) is 13.9. The Morgan fingerprint density at radius 3 is 2.89 bits per heavy atom. The van der Waals surface area contributed by atoms with Gasteiger partial charge in [-0.3, -0.25) is 0 Å². The van der Waals surface area contributed by atoms with Gasteiger partial charge in [0.15, 0.2) is 0 Å². The molecule has 0 amide bonds. The second-order valence-corrected chi connectivity index (χ2v) is 7.29. The lowest BCUT2D eigenvalue weighted by molar-refractivity contribution is 0.129. The molecule has 2 atom stereocenters. The first kappa shape index (κ1) is 14.9. The predicted octanol–water partition coefficient (Wildman–Crippen LogP) is 6.24. The summed E-state index contributed by atoms with van der Waals surface area (Å²) in [4.78, 5) is 0. The van der Waals surface area contributed by atoms with Crippen molar-refractivity contribution in [1.82, 2.24) is 0 Å². The number of fused-ring (bicyclic) bond motifs is 5. The van der Waals surface area contributed by atoms with E-state index in [1.807, 2.05) is 0 Å². The van der Waals surface area contributed by atoms with Crippen LogP contribution >= 0.6 is 0 Å². The molecule has 2 unspecified atom stereocenters. The first-order chi connectivity index (χ1) is 9.01. The maximum atomic E-state index is 2.56. The van der Waals surface area contributed by atoms with Gasteiger partial charge in [0.1, 0.15) is 0 Å². The van der Waals surface area contributed by atoms with Crippen LogP contribution in [0.25, 0.3) is 0 Å². The largest absolute Gasteiger partial charge is 0.0859 e. The van der Waals surface area contributed by atoms with Gasteiger partial charge in [-0.05, 0) is 77.0 Å². The Morgan fingerprint density at radius 1 is 1.37 bits per heavy atom. The molecule has 1 radical (unpaired) electrons. The van der Waals surface area contributed by atoms with Crippen molar-refractivity contribution >= 4 is 0 Å². The average molecular weight is 259 g/mol. The van der Waals surface area contributed by atoms with E-state index >= 15 is 0 Å². The van der Waals surface area contributed by atoms with Gasteiger partial charge in [-0.15, -0.1) is 0 Å².